The van der Waals surface area contributed by atoms with Gasteiger partial charge in [0.25, 0.3) is 0 Å². The summed E-state index contributed by atoms with van der Waals surface area (Å²) >= 11 is 0. The smallest absolute Gasteiger partial charge is 0.00999 e. The summed E-state index contributed by atoms with van der Waals surface area (Å²) in [6.07, 6.45) is 3.29. The molecule has 1 nitrogen and oxygen atoms in total. The van der Waals surface area contributed by atoms with Gasteiger partial charge in [0.2, 0.25) is 0 Å². The minimum atomic E-state index is 0.562. The van der Waals surface area contributed by atoms with Crippen LogP contribution >= 0.6 is 0 Å². The Morgan fingerprint density at radius 2 is 1.73 bits per heavy atom. The highest BCUT2D eigenvalue weighted by molar-refractivity contribution is 5.14. The Kier molecular flexibility index (Phi) is 3.70. The number of hydrogen-bond acceptors (Lipinski definition) is 0. The number of hydrogen-bond donors (Lipinski definition) is 0. The van der Waals surface area contributed by atoms with Crippen molar-refractivity contribution in [2.75, 3.05) is 6.54 Å². The van der Waals surface area contributed by atoms with E-state index in [-0.39, 0.29) is 0 Å². The Labute approximate surface area is 68.2 Å². The van der Waals surface area contributed by atoms with Gasteiger partial charge in [0.15, 0.2) is 0 Å². The number of unbranched alkanes of at least 4 members (excludes halogenated alkanes) is 1. The third kappa shape index (κ3) is 3.19. The lowest BCUT2D eigenvalue weighted by Crippen LogP contribution is -1.88. The number of benzene rings is 1. The summed E-state index contributed by atoms with van der Waals surface area (Å²) in [6, 6.07) is 10.5. The Hall–Kier alpha value is -0.820. The van der Waals surface area contributed by atoms with Crippen LogP contribution in [0, 0.1) is 0 Å². The summed E-state index contributed by atoms with van der Waals surface area (Å²) in [6.45, 7) is 0.562. The van der Waals surface area contributed by atoms with E-state index in [4.69, 9.17) is 5.73 Å². The van der Waals surface area contributed by atoms with E-state index in [1.54, 1.807) is 0 Å². The molecule has 0 aliphatic heterocycles. The molecule has 0 saturated heterocycles. The summed E-state index contributed by atoms with van der Waals surface area (Å²) in [7, 11) is 0. The standard InChI is InChI=1S/C10H14N/c11-9-5-4-8-10-6-2-1-3-7-10/h1-3,6-7,11H,4-5,8-9H2. The summed E-state index contributed by atoms with van der Waals surface area (Å²) in [4.78, 5) is 0. The van der Waals surface area contributed by atoms with E-state index < -0.39 is 0 Å². The molecular weight excluding hydrogens is 134 g/mol. The number of nitrogens with one attached hydrogen (secondary N) is 1. The fourth-order valence-corrected chi connectivity index (χ4v) is 1.10. The lowest BCUT2D eigenvalue weighted by atomic mass is 10.1. The first-order valence-corrected chi connectivity index (χ1v) is 4.12. The van der Waals surface area contributed by atoms with Crippen molar-refractivity contribution in [3.05, 3.63) is 35.9 Å². The Morgan fingerprint density at radius 3 is 2.36 bits per heavy atom. The maximum atomic E-state index is 6.97. The van der Waals surface area contributed by atoms with E-state index >= 15 is 0 Å². The van der Waals surface area contributed by atoms with E-state index in [0.717, 1.165) is 19.3 Å². The Balaban J connectivity index is 2.28. The predicted octanol–water partition coefficient (Wildman–Crippen LogP) is 2.29. The van der Waals surface area contributed by atoms with Crippen molar-refractivity contribution in [3.63, 3.8) is 0 Å². The predicted molar refractivity (Wildman–Crippen MR) is 47.3 cm³/mol. The van der Waals surface area contributed by atoms with Crippen molar-refractivity contribution >= 4 is 0 Å². The molecule has 1 heteroatoms. The molecule has 0 aromatic heterocycles. The fourth-order valence-electron chi connectivity index (χ4n) is 1.10. The molecule has 11 heavy (non-hydrogen) atoms. The lowest BCUT2D eigenvalue weighted by Gasteiger charge is -1.97. The highest BCUT2D eigenvalue weighted by atomic mass is 14.5. The van der Waals surface area contributed by atoms with E-state index in [2.05, 4.69) is 24.3 Å². The van der Waals surface area contributed by atoms with Crippen LogP contribution < -0.4 is 5.73 Å². The van der Waals surface area contributed by atoms with E-state index in [1.807, 2.05) is 6.07 Å². The molecular formula is C10H14N. The molecule has 1 aromatic rings. The highest BCUT2D eigenvalue weighted by Gasteiger charge is 1.89. The van der Waals surface area contributed by atoms with Crippen LogP contribution in [0.2, 0.25) is 0 Å². The molecule has 1 radical (unpaired) electrons. The maximum Gasteiger partial charge on any atom is 0.00999 e. The minimum absolute atomic E-state index is 0.562. The Morgan fingerprint density at radius 1 is 1.00 bits per heavy atom. The van der Waals surface area contributed by atoms with E-state index in [9.17, 15) is 0 Å². The summed E-state index contributed by atoms with van der Waals surface area (Å²) in [5, 5.41) is 0. The van der Waals surface area contributed by atoms with Crippen LogP contribution in [0.1, 0.15) is 18.4 Å². The zero-order valence-corrected chi connectivity index (χ0v) is 6.72. The molecule has 0 fully saturated rings. The van der Waals surface area contributed by atoms with Crippen LogP contribution in [-0.2, 0) is 6.42 Å². The average molecular weight is 148 g/mol. The van der Waals surface area contributed by atoms with Crippen molar-refractivity contribution in [1.29, 1.82) is 0 Å². The van der Waals surface area contributed by atoms with Crippen LogP contribution in [0.3, 0.4) is 0 Å². The molecule has 1 rings (SSSR count). The third-order valence-corrected chi connectivity index (χ3v) is 1.74. The molecule has 0 heterocycles. The molecule has 1 N–H and O–H groups in total. The molecule has 0 aliphatic carbocycles. The summed E-state index contributed by atoms with van der Waals surface area (Å²) < 4.78 is 0. The maximum absolute atomic E-state index is 6.97. The quantitative estimate of drug-likeness (QED) is 0.585. The largest absolute Gasteiger partial charge is 0.258 e. The molecule has 0 unspecified atom stereocenters. The monoisotopic (exact) mass is 148 g/mol. The van der Waals surface area contributed by atoms with Crippen LogP contribution in [0.5, 0.6) is 0 Å². The summed E-state index contributed by atoms with van der Waals surface area (Å²) in [5.41, 5.74) is 8.36. The Bertz CT molecular complexity index is 181. The molecule has 0 aliphatic rings. The topological polar surface area (TPSA) is 23.8 Å². The highest BCUT2D eigenvalue weighted by Crippen LogP contribution is 2.03. The second kappa shape index (κ2) is 4.91. The van der Waals surface area contributed by atoms with Crippen molar-refractivity contribution in [1.82, 2.24) is 5.73 Å². The molecule has 0 spiro atoms. The molecule has 0 bridgehead atoms. The normalized spacial score (nSPS) is 9.91. The zero-order chi connectivity index (χ0) is 7.94. The molecule has 0 amide bonds. The van der Waals surface area contributed by atoms with Gasteiger partial charge in [-0.3, -0.25) is 5.73 Å². The van der Waals surface area contributed by atoms with Gasteiger partial charge < -0.3 is 0 Å². The van der Waals surface area contributed by atoms with Gasteiger partial charge in [-0.2, -0.15) is 0 Å². The second-order valence-corrected chi connectivity index (χ2v) is 2.69. The van der Waals surface area contributed by atoms with Gasteiger partial charge in [-0.25, -0.2) is 0 Å². The van der Waals surface area contributed by atoms with Crippen LogP contribution in [-0.4, -0.2) is 6.54 Å². The van der Waals surface area contributed by atoms with Gasteiger partial charge in [0, 0.05) is 6.54 Å². The van der Waals surface area contributed by atoms with E-state index in [0.29, 0.717) is 6.54 Å². The van der Waals surface area contributed by atoms with Crippen molar-refractivity contribution < 1.29 is 0 Å². The van der Waals surface area contributed by atoms with Gasteiger partial charge in [0.05, 0.1) is 0 Å². The minimum Gasteiger partial charge on any atom is -0.258 e. The third-order valence-electron chi connectivity index (χ3n) is 1.74. The first-order valence-electron chi connectivity index (χ1n) is 4.12. The van der Waals surface area contributed by atoms with Gasteiger partial charge >= 0.3 is 0 Å². The van der Waals surface area contributed by atoms with Crippen LogP contribution in [0.4, 0.5) is 0 Å². The first kappa shape index (κ1) is 8.28. The fraction of sp³-hybridized carbons (Fsp3) is 0.400. The molecule has 0 atom stereocenters. The molecule has 0 saturated carbocycles. The van der Waals surface area contributed by atoms with Crippen LogP contribution in [0.15, 0.2) is 30.3 Å². The SMILES string of the molecule is [NH]CCCCc1ccccc1. The van der Waals surface area contributed by atoms with Gasteiger partial charge in [-0.1, -0.05) is 30.3 Å². The van der Waals surface area contributed by atoms with Crippen molar-refractivity contribution in [2.45, 2.75) is 19.3 Å². The lowest BCUT2D eigenvalue weighted by molar-refractivity contribution is 0.735. The molecule has 59 valence electrons. The average Bonchev–Trinajstić information content (AvgIpc) is 2.07. The number of aryl methyl sites for hydroxylation is 1. The van der Waals surface area contributed by atoms with Crippen LogP contribution in [0.25, 0.3) is 0 Å². The van der Waals surface area contributed by atoms with Gasteiger partial charge in [-0.05, 0) is 24.8 Å². The van der Waals surface area contributed by atoms with Gasteiger partial charge in [0.1, 0.15) is 0 Å². The molecule has 1 aromatic carbocycles. The second-order valence-electron chi connectivity index (χ2n) is 2.69. The van der Waals surface area contributed by atoms with Gasteiger partial charge in [-0.15, -0.1) is 0 Å². The van der Waals surface area contributed by atoms with Crippen molar-refractivity contribution in [3.8, 4) is 0 Å². The zero-order valence-electron chi connectivity index (χ0n) is 6.72. The number of rotatable bonds is 4. The first-order chi connectivity index (χ1) is 5.43. The van der Waals surface area contributed by atoms with Crippen molar-refractivity contribution in [2.24, 2.45) is 0 Å². The summed E-state index contributed by atoms with van der Waals surface area (Å²) in [5.74, 6) is 0. The van der Waals surface area contributed by atoms with E-state index in [1.165, 1.54) is 5.56 Å².